The van der Waals surface area contributed by atoms with Crippen LogP contribution in [0, 0.1) is 11.7 Å². The Morgan fingerprint density at radius 2 is 1.81 bits per heavy atom. The highest BCUT2D eigenvalue weighted by atomic mass is 35.5. The highest BCUT2D eigenvalue weighted by molar-refractivity contribution is 6.30. The van der Waals surface area contributed by atoms with Crippen molar-refractivity contribution in [3.05, 3.63) is 58.4 Å². The maximum Gasteiger partial charge on any atom is 0.312 e. The number of nitrogens with zero attached hydrogens (tertiary/aromatic N) is 3. The van der Waals surface area contributed by atoms with Gasteiger partial charge in [-0.15, -0.1) is 0 Å². The monoisotopic (exact) mass is 617 g/mol. The van der Waals surface area contributed by atoms with Crippen LogP contribution >= 0.6 is 11.6 Å². The molecule has 2 saturated heterocycles. The largest absolute Gasteiger partial charge is 0.493 e. The Kier molecular flexibility index (Phi) is 12.3. The van der Waals surface area contributed by atoms with Gasteiger partial charge in [-0.1, -0.05) is 17.7 Å². The highest BCUT2D eigenvalue weighted by Crippen LogP contribution is 2.26. The first-order valence-electron chi connectivity index (χ1n) is 15.2. The molecule has 3 amide bonds. The van der Waals surface area contributed by atoms with Crippen molar-refractivity contribution in [2.45, 2.75) is 38.8 Å². The van der Waals surface area contributed by atoms with Crippen LogP contribution in [-0.2, 0) is 17.8 Å². The molecule has 0 saturated carbocycles. The lowest BCUT2D eigenvalue weighted by Crippen LogP contribution is -2.55. The van der Waals surface area contributed by atoms with Crippen LogP contribution in [-0.4, -0.2) is 98.2 Å². The second-order valence-corrected chi connectivity index (χ2v) is 11.7. The number of piperazine rings is 1. The first-order valence-corrected chi connectivity index (χ1v) is 15.6. The Labute approximate surface area is 258 Å². The third-order valence-corrected chi connectivity index (χ3v) is 8.61. The summed E-state index contributed by atoms with van der Waals surface area (Å²) in [6, 6.07) is 9.64. The number of piperidine rings is 1. The topological polar surface area (TPSA) is 129 Å². The molecule has 43 heavy (non-hydrogen) atoms. The molecule has 2 aliphatic rings. The number of carbonyl (C=O) groups excluding carboxylic acids is 2. The normalized spacial score (nSPS) is 17.4. The highest BCUT2D eigenvalue weighted by Gasteiger charge is 2.33. The van der Waals surface area contributed by atoms with Crippen LogP contribution in [0.5, 0.6) is 5.75 Å². The summed E-state index contributed by atoms with van der Waals surface area (Å²) >= 11 is 6.27. The molecular formula is C31H45ClFN7O3. The molecule has 2 aliphatic heterocycles. The van der Waals surface area contributed by atoms with Crippen molar-refractivity contribution < 1.29 is 18.7 Å². The van der Waals surface area contributed by atoms with E-state index in [2.05, 4.69) is 20.4 Å². The van der Waals surface area contributed by atoms with Crippen molar-refractivity contribution in [2.24, 2.45) is 17.4 Å². The van der Waals surface area contributed by atoms with E-state index >= 15 is 0 Å². The van der Waals surface area contributed by atoms with Crippen molar-refractivity contribution in [3.8, 4) is 5.75 Å². The number of urea groups is 1. The number of nitrogens with one attached hydrogen (secondary N) is 2. The third-order valence-electron chi connectivity index (χ3n) is 8.37. The van der Waals surface area contributed by atoms with Crippen LogP contribution in [0.25, 0.3) is 0 Å². The molecule has 10 nitrogen and oxygen atoms in total. The summed E-state index contributed by atoms with van der Waals surface area (Å²) in [5.41, 5.74) is 14.3. The number of amides is 3. The lowest BCUT2D eigenvalue weighted by molar-refractivity contribution is -0.136. The standard InChI is InChI=1S/C31H45ClFN7O3/c1-2-43-28-5-3-4-26(33)25(28)21-39-16-18-40(19-17-39)30(41)29(34)22-8-13-38(14-9-22)15-10-23-20-24(32)6-7-27(23)36-11-12-37-31(35)42/h3-7,20,22,29,36H,2,8-19,21,34H2,1H3,(H3,35,37,42)/t29-/m1/s1. The number of likely N-dealkylation sites (tertiary alicyclic amines) is 1. The molecule has 0 bridgehead atoms. The van der Waals surface area contributed by atoms with Gasteiger partial charge in [-0.25, -0.2) is 9.18 Å². The molecule has 2 aromatic rings. The fourth-order valence-electron chi connectivity index (χ4n) is 5.88. The fourth-order valence-corrected chi connectivity index (χ4v) is 6.08. The van der Waals surface area contributed by atoms with E-state index in [0.29, 0.717) is 68.8 Å². The molecule has 0 aromatic heterocycles. The van der Waals surface area contributed by atoms with E-state index in [1.54, 1.807) is 12.1 Å². The number of benzene rings is 2. The SMILES string of the molecule is CCOc1cccc(F)c1CN1CCN(C(=O)[C@H](N)C2CCN(CCc3cc(Cl)ccc3NCCNC(N)=O)CC2)CC1. The van der Waals surface area contributed by atoms with Crippen LogP contribution in [0.2, 0.25) is 5.02 Å². The minimum Gasteiger partial charge on any atom is -0.493 e. The summed E-state index contributed by atoms with van der Waals surface area (Å²) < 4.78 is 20.1. The minimum absolute atomic E-state index is 0.0134. The quantitative estimate of drug-likeness (QED) is 0.254. The van der Waals surface area contributed by atoms with Crippen LogP contribution in [0.1, 0.15) is 30.9 Å². The molecule has 0 unspecified atom stereocenters. The second kappa shape index (κ2) is 16.1. The van der Waals surface area contributed by atoms with Crippen LogP contribution in [0.15, 0.2) is 36.4 Å². The fraction of sp³-hybridized carbons (Fsp3) is 0.548. The lowest BCUT2D eigenvalue weighted by atomic mass is 9.88. The van der Waals surface area contributed by atoms with Gasteiger partial charge in [0.1, 0.15) is 11.6 Å². The van der Waals surface area contributed by atoms with Gasteiger partial charge >= 0.3 is 6.03 Å². The molecule has 0 spiro atoms. The van der Waals surface area contributed by atoms with Gasteiger partial charge in [0.15, 0.2) is 0 Å². The molecule has 2 fully saturated rings. The molecule has 236 valence electrons. The molecule has 0 radical (unpaired) electrons. The number of halogens is 2. The van der Waals surface area contributed by atoms with E-state index in [0.717, 1.165) is 50.1 Å². The summed E-state index contributed by atoms with van der Waals surface area (Å²) in [6.45, 7) is 8.95. The van der Waals surface area contributed by atoms with Crippen molar-refractivity contribution in [3.63, 3.8) is 0 Å². The zero-order chi connectivity index (χ0) is 30.8. The Balaban J connectivity index is 1.20. The van der Waals surface area contributed by atoms with E-state index in [9.17, 15) is 14.0 Å². The predicted octanol–water partition coefficient (Wildman–Crippen LogP) is 2.88. The van der Waals surface area contributed by atoms with E-state index < -0.39 is 12.1 Å². The zero-order valence-corrected chi connectivity index (χ0v) is 25.8. The van der Waals surface area contributed by atoms with Crippen molar-refractivity contribution >= 4 is 29.2 Å². The zero-order valence-electron chi connectivity index (χ0n) is 25.0. The summed E-state index contributed by atoms with van der Waals surface area (Å²) in [5, 5.41) is 6.60. The van der Waals surface area contributed by atoms with Crippen molar-refractivity contribution in [1.29, 1.82) is 0 Å². The number of ether oxygens (including phenoxy) is 1. The van der Waals surface area contributed by atoms with E-state index in [1.807, 2.05) is 30.0 Å². The summed E-state index contributed by atoms with van der Waals surface area (Å²) in [7, 11) is 0. The molecule has 2 heterocycles. The molecule has 6 N–H and O–H groups in total. The first-order chi connectivity index (χ1) is 20.7. The van der Waals surface area contributed by atoms with E-state index in [-0.39, 0.29) is 17.6 Å². The van der Waals surface area contributed by atoms with Gasteiger partial charge in [0.2, 0.25) is 5.91 Å². The van der Waals surface area contributed by atoms with Gasteiger partial charge in [0, 0.05) is 68.6 Å². The lowest BCUT2D eigenvalue weighted by Gasteiger charge is -2.39. The maximum atomic E-state index is 14.5. The molecular weight excluding hydrogens is 573 g/mol. The Morgan fingerprint density at radius 3 is 2.51 bits per heavy atom. The Morgan fingerprint density at radius 1 is 1.07 bits per heavy atom. The summed E-state index contributed by atoms with van der Waals surface area (Å²) in [6.07, 6.45) is 2.57. The number of hydrogen-bond donors (Lipinski definition) is 4. The number of carbonyl (C=O) groups is 2. The van der Waals surface area contributed by atoms with Crippen molar-refractivity contribution in [2.75, 3.05) is 70.8 Å². The van der Waals surface area contributed by atoms with E-state index in [1.165, 1.54) is 6.07 Å². The molecule has 1 atom stereocenters. The summed E-state index contributed by atoms with van der Waals surface area (Å²) in [5.74, 6) is 0.473. The second-order valence-electron chi connectivity index (χ2n) is 11.2. The third kappa shape index (κ3) is 9.43. The molecule has 12 heteroatoms. The average Bonchev–Trinajstić information content (AvgIpc) is 3.00. The van der Waals surface area contributed by atoms with Crippen molar-refractivity contribution in [1.82, 2.24) is 20.0 Å². The smallest absolute Gasteiger partial charge is 0.312 e. The van der Waals surface area contributed by atoms with E-state index in [4.69, 9.17) is 27.8 Å². The average molecular weight is 618 g/mol. The molecule has 2 aromatic carbocycles. The first kappa shape index (κ1) is 32.8. The van der Waals surface area contributed by atoms with Crippen LogP contribution in [0.4, 0.5) is 14.9 Å². The number of anilines is 1. The van der Waals surface area contributed by atoms with Gasteiger partial charge in [0.05, 0.1) is 12.6 Å². The van der Waals surface area contributed by atoms with Gasteiger partial charge in [-0.2, -0.15) is 0 Å². The van der Waals surface area contributed by atoms with Gasteiger partial charge in [-0.05, 0) is 81.1 Å². The van der Waals surface area contributed by atoms with Crippen LogP contribution in [0.3, 0.4) is 0 Å². The molecule has 4 rings (SSSR count). The number of primary amides is 1. The maximum absolute atomic E-state index is 14.5. The Bertz CT molecular complexity index is 1220. The van der Waals surface area contributed by atoms with Crippen LogP contribution < -0.4 is 26.8 Å². The molecule has 0 aliphatic carbocycles. The van der Waals surface area contributed by atoms with Gasteiger partial charge in [0.25, 0.3) is 0 Å². The minimum atomic E-state index is -0.543. The van der Waals surface area contributed by atoms with Gasteiger partial charge < -0.3 is 36.6 Å². The summed E-state index contributed by atoms with van der Waals surface area (Å²) in [4.78, 5) is 30.6. The number of hydrogen-bond acceptors (Lipinski definition) is 7. The number of rotatable bonds is 13. The predicted molar refractivity (Wildman–Crippen MR) is 168 cm³/mol. The van der Waals surface area contributed by atoms with Gasteiger partial charge in [-0.3, -0.25) is 9.69 Å². The number of nitrogens with two attached hydrogens (primary N) is 2. The Hall–Kier alpha value is -3.12.